The van der Waals surface area contributed by atoms with Crippen LogP contribution in [-0.2, 0) is 0 Å². The maximum atomic E-state index is 13.7. The SMILES string of the molecule is Fc1cccc2nc(N3CCC[C@H]3c3ncccn3)oc12. The lowest BCUT2D eigenvalue weighted by Gasteiger charge is -2.21. The summed E-state index contributed by atoms with van der Waals surface area (Å²) >= 11 is 0. The van der Waals surface area contributed by atoms with Gasteiger partial charge in [-0.15, -0.1) is 0 Å². The quantitative estimate of drug-likeness (QED) is 0.723. The number of oxazole rings is 1. The Labute approximate surface area is 120 Å². The minimum Gasteiger partial charge on any atom is -0.420 e. The summed E-state index contributed by atoms with van der Waals surface area (Å²) < 4.78 is 19.3. The fraction of sp³-hybridized carbons (Fsp3) is 0.267. The molecule has 2 aromatic heterocycles. The summed E-state index contributed by atoms with van der Waals surface area (Å²) in [4.78, 5) is 15.0. The third-order valence-electron chi connectivity index (χ3n) is 3.74. The molecule has 5 nitrogen and oxygen atoms in total. The Hall–Kier alpha value is -2.50. The van der Waals surface area contributed by atoms with Crippen molar-refractivity contribution in [3.05, 3.63) is 48.3 Å². The fourth-order valence-electron chi connectivity index (χ4n) is 2.77. The molecule has 0 aliphatic carbocycles. The van der Waals surface area contributed by atoms with E-state index >= 15 is 0 Å². The average Bonchev–Trinajstić information content (AvgIpc) is 3.15. The zero-order valence-electron chi connectivity index (χ0n) is 11.2. The minimum absolute atomic E-state index is 0.0299. The first-order valence-corrected chi connectivity index (χ1v) is 6.91. The van der Waals surface area contributed by atoms with Crippen LogP contribution in [0, 0.1) is 5.82 Å². The van der Waals surface area contributed by atoms with E-state index in [1.807, 2.05) is 4.90 Å². The second-order valence-electron chi connectivity index (χ2n) is 5.04. The molecule has 21 heavy (non-hydrogen) atoms. The van der Waals surface area contributed by atoms with Gasteiger partial charge in [-0.25, -0.2) is 14.4 Å². The van der Waals surface area contributed by atoms with Gasteiger partial charge in [0.2, 0.25) is 0 Å². The van der Waals surface area contributed by atoms with Crippen LogP contribution in [0.15, 0.2) is 41.1 Å². The molecule has 1 atom stereocenters. The van der Waals surface area contributed by atoms with Crippen LogP contribution in [0.2, 0.25) is 0 Å². The highest BCUT2D eigenvalue weighted by Gasteiger charge is 2.31. The maximum Gasteiger partial charge on any atom is 0.299 e. The van der Waals surface area contributed by atoms with Crippen molar-refractivity contribution in [2.45, 2.75) is 18.9 Å². The molecule has 6 heteroatoms. The maximum absolute atomic E-state index is 13.7. The summed E-state index contributed by atoms with van der Waals surface area (Å²) in [6.45, 7) is 0.803. The standard InChI is InChI=1S/C15H13FN4O/c16-10-4-1-5-11-13(10)21-15(19-11)20-9-2-6-12(20)14-17-7-3-8-18-14/h1,3-5,7-8,12H,2,6,9H2/t12-/m0/s1. The molecule has 0 radical (unpaired) electrons. The first-order valence-electron chi connectivity index (χ1n) is 6.91. The van der Waals surface area contributed by atoms with E-state index in [4.69, 9.17) is 4.42 Å². The molecule has 0 bridgehead atoms. The zero-order valence-corrected chi connectivity index (χ0v) is 11.2. The Morgan fingerprint density at radius 3 is 2.86 bits per heavy atom. The minimum atomic E-state index is -0.391. The molecule has 0 unspecified atom stereocenters. The Kier molecular flexibility index (Phi) is 2.80. The molecule has 0 amide bonds. The van der Waals surface area contributed by atoms with Gasteiger partial charge in [-0.05, 0) is 31.0 Å². The monoisotopic (exact) mass is 284 g/mol. The summed E-state index contributed by atoms with van der Waals surface area (Å²) in [7, 11) is 0. The highest BCUT2D eigenvalue weighted by molar-refractivity contribution is 5.75. The van der Waals surface area contributed by atoms with Gasteiger partial charge in [0.1, 0.15) is 5.52 Å². The molecule has 1 aliphatic heterocycles. The number of benzene rings is 1. The lowest BCUT2D eigenvalue weighted by molar-refractivity contribution is 0.525. The molecule has 0 spiro atoms. The zero-order chi connectivity index (χ0) is 14.2. The molecule has 0 saturated carbocycles. The van der Waals surface area contributed by atoms with Crippen molar-refractivity contribution >= 4 is 17.1 Å². The number of hydrogen-bond donors (Lipinski definition) is 0. The Bertz CT molecular complexity index is 774. The molecule has 106 valence electrons. The van der Waals surface area contributed by atoms with Gasteiger partial charge in [0, 0.05) is 18.9 Å². The van der Waals surface area contributed by atoms with Crippen LogP contribution in [0.4, 0.5) is 10.4 Å². The molecular weight excluding hydrogens is 271 g/mol. The molecule has 1 saturated heterocycles. The molecule has 4 rings (SSSR count). The largest absolute Gasteiger partial charge is 0.420 e. The van der Waals surface area contributed by atoms with E-state index in [1.165, 1.54) is 6.07 Å². The van der Waals surface area contributed by atoms with Crippen LogP contribution in [0.25, 0.3) is 11.1 Å². The molecule has 3 heterocycles. The average molecular weight is 284 g/mol. The van der Waals surface area contributed by atoms with Crippen molar-refractivity contribution < 1.29 is 8.81 Å². The first kappa shape index (κ1) is 12.3. The van der Waals surface area contributed by atoms with Crippen LogP contribution in [0.5, 0.6) is 0 Å². The van der Waals surface area contributed by atoms with Crippen molar-refractivity contribution in [2.24, 2.45) is 0 Å². The Morgan fingerprint density at radius 2 is 2.05 bits per heavy atom. The van der Waals surface area contributed by atoms with Gasteiger partial charge in [-0.2, -0.15) is 4.98 Å². The van der Waals surface area contributed by atoms with Gasteiger partial charge in [-0.1, -0.05) is 6.07 Å². The molecule has 1 aliphatic rings. The third-order valence-corrected chi connectivity index (χ3v) is 3.74. The highest BCUT2D eigenvalue weighted by Crippen LogP contribution is 2.35. The van der Waals surface area contributed by atoms with Crippen LogP contribution >= 0.6 is 0 Å². The van der Waals surface area contributed by atoms with E-state index in [0.29, 0.717) is 11.5 Å². The third kappa shape index (κ3) is 2.03. The summed E-state index contributed by atoms with van der Waals surface area (Å²) in [5, 5.41) is 0. The number of anilines is 1. The second kappa shape index (κ2) is 4.80. The smallest absolute Gasteiger partial charge is 0.299 e. The first-order chi connectivity index (χ1) is 10.3. The van der Waals surface area contributed by atoms with Gasteiger partial charge in [0.05, 0.1) is 6.04 Å². The summed E-state index contributed by atoms with van der Waals surface area (Å²) in [6.07, 6.45) is 5.39. The van der Waals surface area contributed by atoms with E-state index in [0.717, 1.165) is 25.2 Å². The van der Waals surface area contributed by atoms with E-state index in [1.54, 1.807) is 30.6 Å². The van der Waals surface area contributed by atoms with Crippen molar-refractivity contribution in [1.29, 1.82) is 0 Å². The number of hydrogen-bond acceptors (Lipinski definition) is 5. The molecule has 1 fully saturated rings. The van der Waals surface area contributed by atoms with Crippen LogP contribution in [0.1, 0.15) is 24.7 Å². The number of nitrogens with zero attached hydrogens (tertiary/aromatic N) is 4. The summed E-state index contributed by atoms with van der Waals surface area (Å²) in [5.41, 5.74) is 0.733. The van der Waals surface area contributed by atoms with E-state index in [-0.39, 0.29) is 11.6 Å². The predicted octanol–water partition coefficient (Wildman–Crippen LogP) is 3.10. The predicted molar refractivity (Wildman–Crippen MR) is 75.3 cm³/mol. The Morgan fingerprint density at radius 1 is 1.19 bits per heavy atom. The number of fused-ring (bicyclic) bond motifs is 1. The van der Waals surface area contributed by atoms with Crippen molar-refractivity contribution in [2.75, 3.05) is 11.4 Å². The van der Waals surface area contributed by atoms with Gasteiger partial charge in [0.25, 0.3) is 6.01 Å². The summed E-state index contributed by atoms with van der Waals surface area (Å²) in [5.74, 6) is 0.357. The summed E-state index contributed by atoms with van der Waals surface area (Å²) in [6, 6.07) is 7.00. The molecule has 3 aromatic rings. The molecular formula is C15H13FN4O. The lowest BCUT2D eigenvalue weighted by Crippen LogP contribution is -2.24. The second-order valence-corrected chi connectivity index (χ2v) is 5.04. The van der Waals surface area contributed by atoms with Crippen molar-refractivity contribution in [3.8, 4) is 0 Å². The molecule has 0 N–H and O–H groups in total. The van der Waals surface area contributed by atoms with Gasteiger partial charge >= 0.3 is 0 Å². The van der Waals surface area contributed by atoms with E-state index in [9.17, 15) is 4.39 Å². The number of halogens is 1. The molecule has 1 aromatic carbocycles. The van der Waals surface area contributed by atoms with Crippen molar-refractivity contribution in [3.63, 3.8) is 0 Å². The van der Waals surface area contributed by atoms with Gasteiger partial charge < -0.3 is 9.32 Å². The van der Waals surface area contributed by atoms with E-state index < -0.39 is 5.82 Å². The van der Waals surface area contributed by atoms with E-state index in [2.05, 4.69) is 15.0 Å². The number of rotatable bonds is 2. The number of aromatic nitrogens is 3. The van der Waals surface area contributed by atoms with Crippen molar-refractivity contribution in [1.82, 2.24) is 15.0 Å². The number of para-hydroxylation sites is 1. The topological polar surface area (TPSA) is 55.1 Å². The Balaban J connectivity index is 1.75. The van der Waals surface area contributed by atoms with Crippen LogP contribution in [-0.4, -0.2) is 21.5 Å². The van der Waals surface area contributed by atoms with Gasteiger partial charge in [0.15, 0.2) is 17.2 Å². The fourth-order valence-corrected chi connectivity index (χ4v) is 2.77. The van der Waals surface area contributed by atoms with Crippen LogP contribution in [0.3, 0.4) is 0 Å². The van der Waals surface area contributed by atoms with Crippen LogP contribution < -0.4 is 4.90 Å². The normalized spacial score (nSPS) is 18.5. The van der Waals surface area contributed by atoms with Gasteiger partial charge in [-0.3, -0.25) is 0 Å². The lowest BCUT2D eigenvalue weighted by atomic mass is 10.2. The highest BCUT2D eigenvalue weighted by atomic mass is 19.1.